The fourth-order valence-electron chi connectivity index (χ4n) is 11.1. The van der Waals surface area contributed by atoms with Crippen LogP contribution < -0.4 is 0 Å². The topological polar surface area (TPSA) is 95.8 Å². The lowest BCUT2D eigenvalue weighted by Crippen LogP contribution is -2.41. The van der Waals surface area contributed by atoms with Crippen LogP contribution >= 0.6 is 0 Å². The number of rotatable bonds is 16. The van der Waals surface area contributed by atoms with Crippen LogP contribution in [0, 0.1) is 59.6 Å². The van der Waals surface area contributed by atoms with Crippen molar-refractivity contribution in [3.63, 3.8) is 0 Å². The quantitative estimate of drug-likeness (QED) is 0.161. The summed E-state index contributed by atoms with van der Waals surface area (Å²) in [6.45, 7) is 64.3. The van der Waals surface area contributed by atoms with Crippen molar-refractivity contribution in [3.8, 4) is 0 Å². The fourth-order valence-corrected chi connectivity index (χ4v) is 11.1. The molecular weight excluding hydrogens is 1100 g/mol. The average Bonchev–Trinajstić information content (AvgIpc) is 4.14. The van der Waals surface area contributed by atoms with E-state index < -0.39 is 0 Å². The standard InChI is InChI=1S/2C16H26O.C12H26O2.C9H18O.2C7H14O.C6H12O.8CH4/c2*1-15(2,3)14(16(4,5)6)17-12-13-10-8-7-9-11-13;1-11(2,3)10(12(4,5)6)14-9-8-13-7;1-8(2,3)7(10)9(4)5-6-9;2*1-6(8-3)7(2)4-5-7;1-5(7)6(2)3-4-6;;;;;;;;/h2*7-11,14H,12H2,1-6H3;10H,8-9H2,1-7H3;7,10H,5-6H2,1-4H3;2*6H,4-5H2,1-3H3;5,7H,3-4H2,1-2H3;8*1H4/t;;;7-;2*6-;5-;;;;;;;;/m...1100......../s1. The van der Waals surface area contributed by atoms with Crippen LogP contribution in [-0.2, 0) is 41.6 Å². The second-order valence-corrected chi connectivity index (χ2v) is 33.6. The number of methoxy groups -OCH3 is 3. The van der Waals surface area contributed by atoms with Crippen LogP contribution in [-0.4, -0.2) is 87.5 Å². The molecule has 0 unspecified atom stereocenters. The molecule has 2 aromatic carbocycles. The normalized spacial score (nSPS) is 17.3. The minimum absolute atomic E-state index is 0. The van der Waals surface area contributed by atoms with Crippen LogP contribution in [0.5, 0.6) is 0 Å². The van der Waals surface area contributed by atoms with Crippen LogP contribution in [0.3, 0.4) is 0 Å². The molecule has 6 rings (SSSR count). The molecule has 2 aromatic rings. The first-order valence-corrected chi connectivity index (χ1v) is 31.3. The highest BCUT2D eigenvalue weighted by Crippen LogP contribution is 2.53. The Labute approximate surface area is 562 Å². The summed E-state index contributed by atoms with van der Waals surface area (Å²) in [5.41, 5.74) is 5.16. The summed E-state index contributed by atoms with van der Waals surface area (Å²) in [4.78, 5) is 0. The van der Waals surface area contributed by atoms with E-state index in [0.29, 0.717) is 54.9 Å². The molecule has 89 heavy (non-hydrogen) atoms. The van der Waals surface area contributed by atoms with Crippen LogP contribution in [0.2, 0.25) is 0 Å². The minimum Gasteiger partial charge on any atom is -0.393 e. The smallest absolute Gasteiger partial charge is 0.0721 e. The van der Waals surface area contributed by atoms with E-state index in [1.54, 1.807) is 21.3 Å². The number of ether oxygens (including phenoxy) is 6. The van der Waals surface area contributed by atoms with Gasteiger partial charge in [0.15, 0.2) is 0 Å². The molecule has 4 saturated carbocycles. The first-order valence-electron chi connectivity index (χ1n) is 31.3. The Kier molecular flexibility index (Phi) is 52.3. The third kappa shape index (κ3) is 42.9. The largest absolute Gasteiger partial charge is 0.393 e. The predicted octanol–water partition coefficient (Wildman–Crippen LogP) is 24.5. The third-order valence-electron chi connectivity index (χ3n) is 17.1. The summed E-state index contributed by atoms with van der Waals surface area (Å²) in [5, 5.41) is 18.7. The number of aliphatic hydroxyl groups is 2. The lowest BCUT2D eigenvalue weighted by Gasteiger charge is -2.40. The maximum absolute atomic E-state index is 9.78. The van der Waals surface area contributed by atoms with Gasteiger partial charge >= 0.3 is 0 Å². The lowest BCUT2D eigenvalue weighted by molar-refractivity contribution is -0.0927. The minimum atomic E-state index is -0.125. The molecular formula is C81H168O8. The Morgan fingerprint density at radius 2 is 0.584 bits per heavy atom. The zero-order chi connectivity index (χ0) is 63.5. The van der Waals surface area contributed by atoms with E-state index >= 15 is 0 Å². The monoisotopic (exact) mass is 1270 g/mol. The van der Waals surface area contributed by atoms with E-state index in [1.165, 1.54) is 62.5 Å². The zero-order valence-electron chi connectivity index (χ0n) is 59.1. The molecule has 4 fully saturated rings. The first kappa shape index (κ1) is 106. The van der Waals surface area contributed by atoms with Gasteiger partial charge in [-0.2, -0.15) is 0 Å². The third-order valence-corrected chi connectivity index (χ3v) is 17.1. The van der Waals surface area contributed by atoms with Gasteiger partial charge in [-0.15, -0.1) is 0 Å². The molecule has 0 saturated heterocycles. The van der Waals surface area contributed by atoms with Crippen molar-refractivity contribution in [2.75, 3.05) is 34.5 Å². The Hall–Kier alpha value is -1.88. The van der Waals surface area contributed by atoms with E-state index in [0.717, 1.165) is 0 Å². The lowest BCUT2D eigenvalue weighted by atomic mass is 9.74. The second-order valence-electron chi connectivity index (χ2n) is 33.6. The molecule has 0 spiro atoms. The Bertz CT molecular complexity index is 1790. The average molecular weight is 1270 g/mol. The van der Waals surface area contributed by atoms with Gasteiger partial charge in [-0.3, -0.25) is 0 Å². The van der Waals surface area contributed by atoms with Crippen LogP contribution in [0.1, 0.15) is 316 Å². The Morgan fingerprint density at radius 1 is 0.348 bits per heavy atom. The van der Waals surface area contributed by atoms with Crippen molar-refractivity contribution in [2.45, 2.75) is 361 Å². The Balaban J connectivity index is -0.000000121. The van der Waals surface area contributed by atoms with Gasteiger partial charge in [0.25, 0.3) is 0 Å². The van der Waals surface area contributed by atoms with E-state index in [4.69, 9.17) is 33.5 Å². The Morgan fingerprint density at radius 3 is 0.730 bits per heavy atom. The molecule has 540 valence electrons. The highest BCUT2D eigenvalue weighted by molar-refractivity contribution is 5.14. The van der Waals surface area contributed by atoms with Crippen molar-refractivity contribution in [1.82, 2.24) is 0 Å². The SMILES string of the molecule is C.C.C.C.C.C.C.C.CC(C)(C)C(OCc1ccccc1)C(C)(C)C.CC(C)(C)C(OCc1ccccc1)C(C)(C)C.CC(C)(C)[C@@H](O)C1(C)CC1.COCCOC(C(C)(C)C)C(C)(C)C.CO[C@@H](C)C1(C)CC1.CO[C@H](C)C1(C)CC1.C[C@H](O)C1(C)CC1. The van der Waals surface area contributed by atoms with Gasteiger partial charge in [0.2, 0.25) is 0 Å². The number of hydrogen-bond acceptors (Lipinski definition) is 8. The summed E-state index contributed by atoms with van der Waals surface area (Å²) >= 11 is 0. The zero-order valence-corrected chi connectivity index (χ0v) is 59.1. The summed E-state index contributed by atoms with van der Waals surface area (Å²) in [7, 11) is 5.27. The molecule has 0 bridgehead atoms. The van der Waals surface area contributed by atoms with E-state index in [-0.39, 0.29) is 133 Å². The maximum atomic E-state index is 9.78. The highest BCUT2D eigenvalue weighted by atomic mass is 16.5. The summed E-state index contributed by atoms with van der Waals surface area (Å²) in [5.74, 6) is 0. The van der Waals surface area contributed by atoms with Crippen molar-refractivity contribution < 1.29 is 38.6 Å². The van der Waals surface area contributed by atoms with Gasteiger partial charge in [-0.1, -0.05) is 293 Å². The van der Waals surface area contributed by atoms with Gasteiger partial charge in [0.1, 0.15) is 0 Å². The van der Waals surface area contributed by atoms with Gasteiger partial charge < -0.3 is 38.6 Å². The van der Waals surface area contributed by atoms with Crippen molar-refractivity contribution in [3.05, 3.63) is 71.8 Å². The number of hydrogen-bond donors (Lipinski definition) is 2. The molecule has 4 aliphatic carbocycles. The fraction of sp³-hybridized carbons (Fsp3) is 0.852. The van der Waals surface area contributed by atoms with Gasteiger partial charge in [-0.05, 0) is 143 Å². The predicted molar refractivity (Wildman–Crippen MR) is 402 cm³/mol. The summed E-state index contributed by atoms with van der Waals surface area (Å²) < 4.78 is 33.5. The number of benzene rings is 2. The first-order chi connectivity index (χ1) is 36.5. The number of aliphatic hydroxyl groups excluding tert-OH is 2. The van der Waals surface area contributed by atoms with Crippen molar-refractivity contribution in [1.29, 1.82) is 0 Å². The second kappa shape index (κ2) is 44.0. The molecule has 0 aliphatic heterocycles. The molecule has 4 aliphatic rings. The molecule has 8 heteroatoms. The van der Waals surface area contributed by atoms with Gasteiger partial charge in [0.05, 0.1) is 69.2 Å². The van der Waals surface area contributed by atoms with Crippen molar-refractivity contribution >= 4 is 0 Å². The van der Waals surface area contributed by atoms with E-state index in [2.05, 4.69) is 235 Å². The summed E-state index contributed by atoms with van der Waals surface area (Å²) in [6, 6.07) is 20.8. The van der Waals surface area contributed by atoms with Crippen molar-refractivity contribution in [2.24, 2.45) is 59.6 Å². The van der Waals surface area contributed by atoms with Crippen LogP contribution in [0.15, 0.2) is 60.7 Å². The summed E-state index contributed by atoms with van der Waals surface area (Å²) in [6.07, 6.45) is 11.7. The van der Waals surface area contributed by atoms with E-state index in [1.807, 2.05) is 19.1 Å². The van der Waals surface area contributed by atoms with Gasteiger partial charge in [0, 0.05) is 21.3 Å². The highest BCUT2D eigenvalue weighted by Gasteiger charge is 2.49. The molecule has 2 N–H and O–H groups in total. The van der Waals surface area contributed by atoms with Gasteiger partial charge in [-0.25, -0.2) is 0 Å². The van der Waals surface area contributed by atoms with E-state index in [9.17, 15) is 5.11 Å². The molecule has 0 amide bonds. The van der Waals surface area contributed by atoms with Crippen LogP contribution in [0.4, 0.5) is 0 Å². The molecule has 0 heterocycles. The van der Waals surface area contributed by atoms with Crippen LogP contribution in [0.25, 0.3) is 0 Å². The molecule has 0 aromatic heterocycles. The molecule has 4 atom stereocenters. The molecule has 0 radical (unpaired) electrons. The molecule has 8 nitrogen and oxygen atoms in total. The maximum Gasteiger partial charge on any atom is 0.0721 e.